The molecule has 0 bridgehead atoms. The molecule has 0 saturated carbocycles. The maximum absolute atomic E-state index is 11.6. The molecule has 0 aliphatic carbocycles. The summed E-state index contributed by atoms with van der Waals surface area (Å²) in [5, 5.41) is 53.0. The van der Waals surface area contributed by atoms with Gasteiger partial charge in [-0.1, -0.05) is 13.8 Å². The molecule has 0 aromatic rings. The molecule has 2 aliphatic heterocycles. The van der Waals surface area contributed by atoms with Gasteiger partial charge in [0.15, 0.2) is 6.29 Å². The third kappa shape index (κ3) is 4.77. The molecule has 1 amide bonds. The van der Waals surface area contributed by atoms with Gasteiger partial charge in [0, 0.05) is 6.92 Å². The molecule has 0 radical (unpaired) electrons. The molecule has 10 atom stereocenters. The Morgan fingerprint density at radius 3 is 2.22 bits per heavy atom. The summed E-state index contributed by atoms with van der Waals surface area (Å²) in [5.41, 5.74) is 0. The van der Waals surface area contributed by atoms with Crippen molar-refractivity contribution in [3.8, 4) is 0 Å². The van der Waals surface area contributed by atoms with Crippen molar-refractivity contribution >= 4 is 5.91 Å². The van der Waals surface area contributed by atoms with Crippen molar-refractivity contribution in [2.24, 2.45) is 5.92 Å². The molecule has 2 saturated heterocycles. The van der Waals surface area contributed by atoms with E-state index in [1.807, 2.05) is 13.8 Å². The molecule has 10 unspecified atom stereocenters. The maximum atomic E-state index is 11.6. The first kappa shape index (κ1) is 22.4. The van der Waals surface area contributed by atoms with Crippen LogP contribution in [-0.4, -0.2) is 99.2 Å². The lowest BCUT2D eigenvalue weighted by molar-refractivity contribution is -0.332. The minimum Gasteiger partial charge on any atom is -0.394 e. The summed E-state index contributed by atoms with van der Waals surface area (Å²) in [6.07, 6.45) is -10.4. The molecule has 10 heteroatoms. The lowest BCUT2D eigenvalue weighted by Gasteiger charge is -2.48. The minimum atomic E-state index is -1.57. The molecular formula is C17H31NO9. The van der Waals surface area contributed by atoms with Crippen molar-refractivity contribution in [3.05, 3.63) is 0 Å². The van der Waals surface area contributed by atoms with Crippen molar-refractivity contribution in [2.75, 3.05) is 6.61 Å². The van der Waals surface area contributed by atoms with Crippen LogP contribution in [0.3, 0.4) is 0 Å². The van der Waals surface area contributed by atoms with Crippen LogP contribution in [0.2, 0.25) is 0 Å². The first-order valence-electron chi connectivity index (χ1n) is 9.15. The molecule has 0 spiro atoms. The van der Waals surface area contributed by atoms with Crippen LogP contribution < -0.4 is 5.32 Å². The van der Waals surface area contributed by atoms with Crippen molar-refractivity contribution in [1.29, 1.82) is 0 Å². The molecule has 2 heterocycles. The second-order valence-corrected chi connectivity index (χ2v) is 7.56. The molecule has 10 nitrogen and oxygen atoms in total. The first-order chi connectivity index (χ1) is 12.6. The molecular weight excluding hydrogens is 362 g/mol. The van der Waals surface area contributed by atoms with Gasteiger partial charge in [-0.05, 0) is 12.8 Å². The number of hydrogen-bond donors (Lipinski definition) is 6. The largest absolute Gasteiger partial charge is 0.394 e. The van der Waals surface area contributed by atoms with Crippen LogP contribution in [0.25, 0.3) is 0 Å². The van der Waals surface area contributed by atoms with Gasteiger partial charge >= 0.3 is 0 Å². The summed E-state index contributed by atoms with van der Waals surface area (Å²) >= 11 is 0. The Labute approximate surface area is 158 Å². The molecule has 0 aromatic heterocycles. The van der Waals surface area contributed by atoms with Gasteiger partial charge in [-0.25, -0.2) is 0 Å². The van der Waals surface area contributed by atoms with E-state index in [0.29, 0.717) is 0 Å². The molecule has 2 rings (SSSR count). The standard InChI is InChI=1S/C17H31NO9/c1-6(2)15-10(18-8(4)20)12(22)16(9(5-19)26-15)27-17-14(24)13(23)11(21)7(3)25-17/h6-7,9-17,19,21-24H,5H2,1-4H3,(H,18,20). The zero-order valence-electron chi connectivity index (χ0n) is 15.9. The van der Waals surface area contributed by atoms with Gasteiger partial charge in [0.25, 0.3) is 0 Å². The monoisotopic (exact) mass is 393 g/mol. The second kappa shape index (κ2) is 9.10. The number of nitrogens with one attached hydrogen (secondary N) is 1. The maximum Gasteiger partial charge on any atom is 0.217 e. The van der Waals surface area contributed by atoms with Crippen molar-refractivity contribution in [2.45, 2.75) is 88.9 Å². The number of amides is 1. The Kier molecular flexibility index (Phi) is 7.56. The van der Waals surface area contributed by atoms with Crippen molar-refractivity contribution in [1.82, 2.24) is 5.32 Å². The highest BCUT2D eigenvalue weighted by atomic mass is 16.7. The zero-order chi connectivity index (χ0) is 20.5. The Balaban J connectivity index is 2.21. The van der Waals surface area contributed by atoms with E-state index in [1.54, 1.807) is 0 Å². The zero-order valence-corrected chi connectivity index (χ0v) is 15.9. The summed E-state index contributed by atoms with van der Waals surface area (Å²) in [6, 6.07) is -0.802. The van der Waals surface area contributed by atoms with Gasteiger partial charge in [-0.2, -0.15) is 0 Å². The third-order valence-corrected chi connectivity index (χ3v) is 5.06. The van der Waals surface area contributed by atoms with E-state index in [2.05, 4.69) is 5.32 Å². The quantitative estimate of drug-likeness (QED) is 0.296. The topological polar surface area (TPSA) is 158 Å². The minimum absolute atomic E-state index is 0.0694. The predicted octanol–water partition coefficient (Wildman–Crippen LogP) is -2.52. The summed E-state index contributed by atoms with van der Waals surface area (Å²) in [4.78, 5) is 11.6. The Morgan fingerprint density at radius 2 is 1.70 bits per heavy atom. The van der Waals surface area contributed by atoms with Crippen LogP contribution in [-0.2, 0) is 19.0 Å². The fraction of sp³-hybridized carbons (Fsp3) is 0.941. The SMILES string of the molecule is CC(=O)NC1C(O)C(OC2OC(C)C(O)C(O)C2O)C(CO)OC1C(C)C. The number of carbonyl (C=O) groups is 1. The Hall–Kier alpha value is -0.850. The van der Waals surface area contributed by atoms with E-state index in [-0.39, 0.29) is 11.8 Å². The number of aliphatic hydroxyl groups is 5. The van der Waals surface area contributed by atoms with Crippen LogP contribution in [0, 0.1) is 5.92 Å². The number of carbonyl (C=O) groups excluding carboxylic acids is 1. The van der Waals surface area contributed by atoms with E-state index in [0.717, 1.165) is 0 Å². The molecule has 158 valence electrons. The van der Waals surface area contributed by atoms with Gasteiger partial charge < -0.3 is 45.1 Å². The van der Waals surface area contributed by atoms with Gasteiger partial charge in [0.05, 0.1) is 24.9 Å². The van der Waals surface area contributed by atoms with Crippen LogP contribution in [0.4, 0.5) is 0 Å². The summed E-state index contributed by atoms with van der Waals surface area (Å²) in [7, 11) is 0. The fourth-order valence-corrected chi connectivity index (χ4v) is 3.55. The number of ether oxygens (including phenoxy) is 3. The van der Waals surface area contributed by atoms with E-state index >= 15 is 0 Å². The summed E-state index contributed by atoms with van der Waals surface area (Å²) < 4.78 is 16.9. The van der Waals surface area contributed by atoms with Gasteiger partial charge in [-0.3, -0.25) is 4.79 Å². The van der Waals surface area contributed by atoms with Crippen LogP contribution >= 0.6 is 0 Å². The fourth-order valence-electron chi connectivity index (χ4n) is 3.55. The number of rotatable bonds is 5. The normalized spacial score (nSPS) is 45.7. The highest BCUT2D eigenvalue weighted by Crippen LogP contribution is 2.31. The molecule has 6 N–H and O–H groups in total. The van der Waals surface area contributed by atoms with Gasteiger partial charge in [-0.15, -0.1) is 0 Å². The van der Waals surface area contributed by atoms with Crippen LogP contribution in [0.15, 0.2) is 0 Å². The van der Waals surface area contributed by atoms with E-state index in [4.69, 9.17) is 14.2 Å². The summed E-state index contributed by atoms with van der Waals surface area (Å²) in [6.45, 7) is 6.06. The average molecular weight is 393 g/mol. The van der Waals surface area contributed by atoms with E-state index < -0.39 is 67.8 Å². The van der Waals surface area contributed by atoms with Crippen molar-refractivity contribution in [3.63, 3.8) is 0 Å². The second-order valence-electron chi connectivity index (χ2n) is 7.56. The lowest BCUT2D eigenvalue weighted by Crippen LogP contribution is -2.67. The highest BCUT2D eigenvalue weighted by Gasteiger charge is 2.50. The van der Waals surface area contributed by atoms with E-state index in [1.165, 1.54) is 13.8 Å². The van der Waals surface area contributed by atoms with Gasteiger partial charge in [0.2, 0.25) is 5.91 Å². The van der Waals surface area contributed by atoms with E-state index in [9.17, 15) is 30.3 Å². The average Bonchev–Trinajstić information content (AvgIpc) is 2.60. The van der Waals surface area contributed by atoms with Gasteiger partial charge in [0.1, 0.15) is 36.6 Å². The Bertz CT molecular complexity index is 505. The Morgan fingerprint density at radius 1 is 1.07 bits per heavy atom. The molecule has 0 aromatic carbocycles. The molecule has 27 heavy (non-hydrogen) atoms. The smallest absolute Gasteiger partial charge is 0.217 e. The third-order valence-electron chi connectivity index (χ3n) is 5.06. The number of hydrogen-bond acceptors (Lipinski definition) is 9. The van der Waals surface area contributed by atoms with Crippen LogP contribution in [0.1, 0.15) is 27.7 Å². The molecule has 2 aliphatic rings. The summed E-state index contributed by atoms with van der Waals surface area (Å²) in [5.74, 6) is -0.435. The highest BCUT2D eigenvalue weighted by molar-refractivity contribution is 5.73. The predicted molar refractivity (Wildman–Crippen MR) is 91.4 cm³/mol. The van der Waals surface area contributed by atoms with Crippen LogP contribution in [0.5, 0.6) is 0 Å². The lowest BCUT2D eigenvalue weighted by atomic mass is 9.87. The number of aliphatic hydroxyl groups excluding tert-OH is 5. The molecule has 2 fully saturated rings. The first-order valence-corrected chi connectivity index (χ1v) is 9.15. The van der Waals surface area contributed by atoms with Crippen molar-refractivity contribution < 1.29 is 44.5 Å².